The van der Waals surface area contributed by atoms with Crippen LogP contribution in [0.1, 0.15) is 36.8 Å². The van der Waals surface area contributed by atoms with Crippen LogP contribution >= 0.6 is 11.8 Å². The quantitative estimate of drug-likeness (QED) is 0.391. The van der Waals surface area contributed by atoms with Crippen molar-refractivity contribution >= 4 is 32.8 Å². The Morgan fingerprint density at radius 1 is 1.06 bits per heavy atom. The molecule has 5 rings (SSSR count). The number of hydrogen-bond acceptors (Lipinski definition) is 5. The molecule has 0 amide bonds. The lowest BCUT2D eigenvalue weighted by molar-refractivity contribution is -0.137. The Bertz CT molecular complexity index is 1300. The van der Waals surface area contributed by atoms with Crippen LogP contribution in [-0.2, 0) is 33.2 Å². The first-order chi connectivity index (χ1) is 16.7. The van der Waals surface area contributed by atoms with Gasteiger partial charge in [-0.15, -0.1) is 0 Å². The van der Waals surface area contributed by atoms with E-state index in [2.05, 4.69) is 0 Å². The van der Waals surface area contributed by atoms with Gasteiger partial charge in [0.15, 0.2) is 5.16 Å². The standard InChI is InChI=1S/C24H26F3N3O3S2/c25-24(26,27)18-7-5-17(6-8-18)16-34-23-28-21-14-20(35(31,32)29-11-1-2-12-29)9-10-22(21)30(23)15-19-4-3-13-33-19/h5-10,14,19H,1-4,11-13,15-16H2/t19-/m0/s1. The number of imidazole rings is 1. The number of halogens is 3. The van der Waals surface area contributed by atoms with Crippen molar-refractivity contribution in [1.82, 2.24) is 13.9 Å². The molecule has 2 aliphatic heterocycles. The first-order valence-corrected chi connectivity index (χ1v) is 14.1. The normalized spacial score (nSPS) is 19.7. The van der Waals surface area contributed by atoms with Gasteiger partial charge in [-0.25, -0.2) is 13.4 Å². The summed E-state index contributed by atoms with van der Waals surface area (Å²) in [7, 11) is -3.57. The van der Waals surface area contributed by atoms with Crippen molar-refractivity contribution in [2.24, 2.45) is 0 Å². The summed E-state index contributed by atoms with van der Waals surface area (Å²) >= 11 is 1.42. The van der Waals surface area contributed by atoms with Crippen LogP contribution < -0.4 is 0 Å². The van der Waals surface area contributed by atoms with Crippen molar-refractivity contribution in [3.05, 3.63) is 53.6 Å². The molecule has 0 saturated carbocycles. The number of sulfonamides is 1. The molecule has 2 saturated heterocycles. The highest BCUT2D eigenvalue weighted by Gasteiger charge is 2.30. The Hall–Kier alpha value is -2.08. The van der Waals surface area contributed by atoms with E-state index in [0.29, 0.717) is 42.7 Å². The van der Waals surface area contributed by atoms with Crippen molar-refractivity contribution in [3.63, 3.8) is 0 Å². The molecule has 1 atom stereocenters. The number of fused-ring (bicyclic) bond motifs is 1. The van der Waals surface area contributed by atoms with Gasteiger partial charge in [0.25, 0.3) is 0 Å². The fraction of sp³-hybridized carbons (Fsp3) is 0.458. The number of hydrogen-bond donors (Lipinski definition) is 0. The fourth-order valence-corrected chi connectivity index (χ4v) is 7.06. The highest BCUT2D eigenvalue weighted by atomic mass is 32.2. The van der Waals surface area contributed by atoms with E-state index in [1.807, 2.05) is 4.57 Å². The third-order valence-electron chi connectivity index (χ3n) is 6.45. The van der Waals surface area contributed by atoms with Crippen molar-refractivity contribution < 1.29 is 26.3 Å². The number of rotatable bonds is 7. The minimum Gasteiger partial charge on any atom is -0.376 e. The molecule has 6 nitrogen and oxygen atoms in total. The Kier molecular flexibility index (Phi) is 6.86. The van der Waals surface area contributed by atoms with Crippen molar-refractivity contribution in [2.75, 3.05) is 19.7 Å². The van der Waals surface area contributed by atoms with Gasteiger partial charge >= 0.3 is 6.18 Å². The summed E-state index contributed by atoms with van der Waals surface area (Å²) < 4.78 is 74.1. The lowest BCUT2D eigenvalue weighted by Gasteiger charge is -2.16. The zero-order chi connectivity index (χ0) is 24.6. The SMILES string of the molecule is O=S(=O)(c1ccc2c(c1)nc(SCc1ccc(C(F)(F)F)cc1)n2C[C@@H]1CCCO1)N1CCCC1. The van der Waals surface area contributed by atoms with Crippen LogP contribution in [0.15, 0.2) is 52.5 Å². The predicted molar refractivity (Wildman–Crippen MR) is 128 cm³/mol. The van der Waals surface area contributed by atoms with Crippen molar-refractivity contribution in [2.45, 2.75) is 60.3 Å². The minimum atomic E-state index is -4.37. The van der Waals surface area contributed by atoms with Crippen LogP contribution in [-0.4, -0.2) is 48.1 Å². The van der Waals surface area contributed by atoms with E-state index >= 15 is 0 Å². The second-order valence-electron chi connectivity index (χ2n) is 8.89. The maximum absolute atomic E-state index is 13.0. The van der Waals surface area contributed by atoms with E-state index in [1.54, 1.807) is 18.2 Å². The molecular formula is C24H26F3N3O3S2. The van der Waals surface area contributed by atoms with E-state index in [1.165, 1.54) is 28.2 Å². The van der Waals surface area contributed by atoms with E-state index in [4.69, 9.17) is 9.72 Å². The number of aromatic nitrogens is 2. The molecule has 0 aliphatic carbocycles. The topological polar surface area (TPSA) is 64.4 Å². The van der Waals surface area contributed by atoms with Gasteiger partial charge in [-0.1, -0.05) is 23.9 Å². The average molecular weight is 526 g/mol. The van der Waals surface area contributed by atoms with E-state index in [0.717, 1.165) is 48.9 Å². The first kappa shape index (κ1) is 24.6. The summed E-state index contributed by atoms with van der Waals surface area (Å²) in [6.07, 6.45) is -0.669. The summed E-state index contributed by atoms with van der Waals surface area (Å²) in [6, 6.07) is 10.2. The largest absolute Gasteiger partial charge is 0.416 e. The molecule has 0 N–H and O–H groups in total. The minimum absolute atomic E-state index is 0.0471. The molecular weight excluding hydrogens is 499 g/mol. The fourth-order valence-electron chi connectivity index (χ4n) is 4.54. The molecule has 0 bridgehead atoms. The molecule has 2 aliphatic rings. The molecule has 2 aromatic carbocycles. The van der Waals surface area contributed by atoms with Crippen molar-refractivity contribution in [1.29, 1.82) is 0 Å². The Morgan fingerprint density at radius 2 is 1.80 bits per heavy atom. The number of ether oxygens (including phenoxy) is 1. The summed E-state index contributed by atoms with van der Waals surface area (Å²) in [5.74, 6) is 0.436. The van der Waals surface area contributed by atoms with Gasteiger partial charge < -0.3 is 9.30 Å². The van der Waals surface area contributed by atoms with E-state index in [-0.39, 0.29) is 11.0 Å². The molecule has 0 spiro atoms. The number of nitrogens with zero attached hydrogens (tertiary/aromatic N) is 3. The van der Waals surface area contributed by atoms with Crippen LogP contribution in [0.2, 0.25) is 0 Å². The Labute approximate surface area is 206 Å². The van der Waals surface area contributed by atoms with E-state index < -0.39 is 21.8 Å². The number of benzene rings is 2. The van der Waals surface area contributed by atoms with Gasteiger partial charge in [0.05, 0.1) is 34.1 Å². The predicted octanol–water partition coefficient (Wildman–Crippen LogP) is 5.31. The molecule has 2 fully saturated rings. The Morgan fingerprint density at radius 3 is 2.46 bits per heavy atom. The third kappa shape index (κ3) is 5.23. The van der Waals surface area contributed by atoms with Crippen LogP contribution in [0.4, 0.5) is 13.2 Å². The maximum Gasteiger partial charge on any atom is 0.416 e. The summed E-state index contributed by atoms with van der Waals surface area (Å²) in [4.78, 5) is 4.96. The lowest BCUT2D eigenvalue weighted by Crippen LogP contribution is -2.27. The highest BCUT2D eigenvalue weighted by molar-refractivity contribution is 7.98. The molecule has 11 heteroatoms. The van der Waals surface area contributed by atoms with Gasteiger partial charge in [-0.05, 0) is 61.6 Å². The van der Waals surface area contributed by atoms with Gasteiger partial charge in [0.2, 0.25) is 10.0 Å². The monoisotopic (exact) mass is 525 g/mol. The van der Waals surface area contributed by atoms with Crippen LogP contribution in [0.3, 0.4) is 0 Å². The van der Waals surface area contributed by atoms with Crippen molar-refractivity contribution in [3.8, 4) is 0 Å². The maximum atomic E-state index is 13.0. The average Bonchev–Trinajstić information content (AvgIpc) is 3.59. The van der Waals surface area contributed by atoms with Gasteiger partial charge in [0, 0.05) is 25.4 Å². The van der Waals surface area contributed by atoms with Gasteiger partial charge in [-0.3, -0.25) is 0 Å². The Balaban J connectivity index is 1.44. The summed E-state index contributed by atoms with van der Waals surface area (Å²) in [5, 5.41) is 0.686. The van der Waals surface area contributed by atoms with Crippen LogP contribution in [0.5, 0.6) is 0 Å². The third-order valence-corrected chi connectivity index (χ3v) is 9.39. The lowest BCUT2D eigenvalue weighted by atomic mass is 10.1. The second kappa shape index (κ2) is 9.76. The van der Waals surface area contributed by atoms with Crippen LogP contribution in [0.25, 0.3) is 11.0 Å². The molecule has 3 heterocycles. The molecule has 3 aromatic rings. The zero-order valence-corrected chi connectivity index (χ0v) is 20.6. The summed E-state index contributed by atoms with van der Waals surface area (Å²) in [5.41, 5.74) is 1.47. The number of alkyl halides is 3. The molecule has 35 heavy (non-hydrogen) atoms. The highest BCUT2D eigenvalue weighted by Crippen LogP contribution is 2.33. The molecule has 0 unspecified atom stereocenters. The second-order valence-corrected chi connectivity index (χ2v) is 11.8. The molecule has 0 radical (unpaired) electrons. The van der Waals surface area contributed by atoms with Gasteiger partial charge in [-0.2, -0.15) is 17.5 Å². The van der Waals surface area contributed by atoms with Gasteiger partial charge in [0.1, 0.15) is 0 Å². The first-order valence-electron chi connectivity index (χ1n) is 11.6. The van der Waals surface area contributed by atoms with Crippen LogP contribution in [0, 0.1) is 0 Å². The zero-order valence-electron chi connectivity index (χ0n) is 19.0. The summed E-state index contributed by atoms with van der Waals surface area (Å²) in [6.45, 7) is 2.36. The van der Waals surface area contributed by atoms with E-state index in [9.17, 15) is 21.6 Å². The molecule has 188 valence electrons. The molecule has 1 aromatic heterocycles. The number of thioether (sulfide) groups is 1. The smallest absolute Gasteiger partial charge is 0.376 e.